The van der Waals surface area contributed by atoms with Gasteiger partial charge in [0, 0.05) is 31.7 Å². The van der Waals surface area contributed by atoms with E-state index in [9.17, 15) is 0 Å². The van der Waals surface area contributed by atoms with Crippen LogP contribution in [0.2, 0.25) is 0 Å². The molecule has 0 aliphatic heterocycles. The highest BCUT2D eigenvalue weighted by Gasteiger charge is 2.41. The molecule has 0 bridgehead atoms. The van der Waals surface area contributed by atoms with Gasteiger partial charge < -0.3 is 10.1 Å². The van der Waals surface area contributed by atoms with E-state index in [1.54, 1.807) is 18.4 Å². The molecular formula is C13H22N2OS. The van der Waals surface area contributed by atoms with Crippen LogP contribution in [-0.2, 0) is 11.3 Å². The highest BCUT2D eigenvalue weighted by molar-refractivity contribution is 7.11. The average molecular weight is 254 g/mol. The van der Waals surface area contributed by atoms with Gasteiger partial charge in [-0.2, -0.15) is 0 Å². The molecule has 0 unspecified atom stereocenters. The van der Waals surface area contributed by atoms with Crippen LogP contribution in [0, 0.1) is 19.3 Å². The van der Waals surface area contributed by atoms with Gasteiger partial charge in [0.2, 0.25) is 0 Å². The molecule has 1 aromatic heterocycles. The number of hydrogen-bond donors (Lipinski definition) is 1. The Hall–Kier alpha value is -0.450. The summed E-state index contributed by atoms with van der Waals surface area (Å²) in [6, 6.07) is 0. The van der Waals surface area contributed by atoms with Gasteiger partial charge in [0.25, 0.3) is 0 Å². The molecule has 2 rings (SSSR count). The van der Waals surface area contributed by atoms with Crippen molar-refractivity contribution >= 4 is 11.3 Å². The van der Waals surface area contributed by atoms with E-state index < -0.39 is 0 Å². The maximum absolute atomic E-state index is 5.17. The van der Waals surface area contributed by atoms with E-state index in [4.69, 9.17) is 4.74 Å². The van der Waals surface area contributed by atoms with E-state index in [0.717, 1.165) is 19.7 Å². The van der Waals surface area contributed by atoms with Gasteiger partial charge in [0.05, 0.1) is 10.7 Å². The number of hydrogen-bond acceptors (Lipinski definition) is 4. The zero-order chi connectivity index (χ0) is 12.3. The third-order valence-corrected chi connectivity index (χ3v) is 4.65. The summed E-state index contributed by atoms with van der Waals surface area (Å²) in [6.45, 7) is 7.14. The van der Waals surface area contributed by atoms with Crippen LogP contribution in [0.1, 0.15) is 34.8 Å². The third kappa shape index (κ3) is 3.50. The number of nitrogens with one attached hydrogen (secondary N) is 1. The molecule has 0 radical (unpaired) electrons. The molecule has 1 aliphatic carbocycles. The Kier molecular flexibility index (Phi) is 4.17. The van der Waals surface area contributed by atoms with Gasteiger partial charge >= 0.3 is 0 Å². The number of ether oxygens (including phenoxy) is 1. The summed E-state index contributed by atoms with van der Waals surface area (Å²) in [4.78, 5) is 5.83. The molecule has 0 amide bonds. The molecule has 1 saturated carbocycles. The molecule has 0 spiro atoms. The lowest BCUT2D eigenvalue weighted by atomic mass is 10.0. The molecule has 96 valence electrons. The Balaban J connectivity index is 1.74. The number of thiazole rings is 1. The quantitative estimate of drug-likeness (QED) is 0.812. The predicted molar refractivity (Wildman–Crippen MR) is 71.5 cm³/mol. The number of aromatic nitrogens is 1. The molecule has 0 atom stereocenters. The maximum atomic E-state index is 5.17. The minimum absolute atomic E-state index is 0.531. The van der Waals surface area contributed by atoms with Crippen LogP contribution in [0.25, 0.3) is 0 Å². The van der Waals surface area contributed by atoms with Gasteiger partial charge in [0.1, 0.15) is 0 Å². The average Bonchev–Trinajstić information content (AvgIpc) is 2.98. The van der Waals surface area contributed by atoms with Crippen LogP contribution >= 0.6 is 11.3 Å². The van der Waals surface area contributed by atoms with Gasteiger partial charge in [0.15, 0.2) is 0 Å². The van der Waals surface area contributed by atoms with Gasteiger partial charge in [-0.1, -0.05) is 0 Å². The second-order valence-corrected chi connectivity index (χ2v) is 6.38. The van der Waals surface area contributed by atoms with E-state index >= 15 is 0 Å². The number of nitrogens with zero attached hydrogens (tertiary/aromatic N) is 1. The van der Waals surface area contributed by atoms with Gasteiger partial charge in [-0.25, -0.2) is 4.98 Å². The number of methoxy groups -OCH3 is 1. The fraction of sp³-hybridized carbons (Fsp3) is 0.769. The topological polar surface area (TPSA) is 34.1 Å². The van der Waals surface area contributed by atoms with E-state index in [-0.39, 0.29) is 0 Å². The lowest BCUT2D eigenvalue weighted by molar-refractivity contribution is 0.171. The summed E-state index contributed by atoms with van der Waals surface area (Å²) in [5, 5.41) is 4.75. The maximum Gasteiger partial charge on any atom is 0.0900 e. The molecule has 3 nitrogen and oxygen atoms in total. The largest absolute Gasteiger partial charge is 0.385 e. The van der Waals surface area contributed by atoms with Crippen LogP contribution in [-0.4, -0.2) is 25.2 Å². The highest BCUT2D eigenvalue weighted by atomic mass is 32.1. The first kappa shape index (κ1) is 13.0. The van der Waals surface area contributed by atoms with Crippen LogP contribution in [0.4, 0.5) is 0 Å². The van der Waals surface area contributed by atoms with Crippen molar-refractivity contribution in [3.05, 3.63) is 15.6 Å². The number of aryl methyl sites for hydroxylation is 2. The predicted octanol–water partition coefficient (Wildman–Crippen LogP) is 2.67. The fourth-order valence-corrected chi connectivity index (χ4v) is 3.10. The first-order valence-electron chi connectivity index (χ1n) is 6.28. The van der Waals surface area contributed by atoms with Crippen molar-refractivity contribution in [1.29, 1.82) is 0 Å². The first-order chi connectivity index (χ1) is 8.15. The second kappa shape index (κ2) is 5.46. The summed E-state index contributed by atoms with van der Waals surface area (Å²) in [5.74, 6) is 0. The Morgan fingerprint density at radius 1 is 1.41 bits per heavy atom. The van der Waals surface area contributed by atoms with E-state index in [1.807, 2.05) is 0 Å². The van der Waals surface area contributed by atoms with Crippen molar-refractivity contribution in [1.82, 2.24) is 10.3 Å². The molecule has 17 heavy (non-hydrogen) atoms. The normalized spacial score (nSPS) is 17.4. The molecule has 0 saturated heterocycles. The Bertz CT molecular complexity index is 371. The van der Waals surface area contributed by atoms with E-state index in [0.29, 0.717) is 5.41 Å². The first-order valence-corrected chi connectivity index (χ1v) is 7.09. The summed E-state index contributed by atoms with van der Waals surface area (Å²) in [5.41, 5.74) is 1.71. The van der Waals surface area contributed by atoms with Crippen molar-refractivity contribution in [3.63, 3.8) is 0 Å². The molecule has 1 N–H and O–H groups in total. The number of rotatable bonds is 7. The van der Waals surface area contributed by atoms with E-state index in [1.165, 1.54) is 34.8 Å². The minimum atomic E-state index is 0.531. The molecule has 4 heteroatoms. The van der Waals surface area contributed by atoms with Crippen LogP contribution in [0.15, 0.2) is 0 Å². The summed E-state index contributed by atoms with van der Waals surface area (Å²) >= 11 is 1.80. The van der Waals surface area contributed by atoms with Crippen molar-refractivity contribution < 1.29 is 4.74 Å². The molecular weight excluding hydrogens is 232 g/mol. The summed E-state index contributed by atoms with van der Waals surface area (Å²) in [6.07, 6.45) is 3.89. The van der Waals surface area contributed by atoms with Crippen molar-refractivity contribution in [2.24, 2.45) is 5.41 Å². The lowest BCUT2D eigenvalue weighted by Crippen LogP contribution is -2.24. The summed E-state index contributed by atoms with van der Waals surface area (Å²) in [7, 11) is 1.78. The van der Waals surface area contributed by atoms with Crippen molar-refractivity contribution in [2.45, 2.75) is 39.7 Å². The standard InChI is InChI=1S/C13H22N2OS/c1-10-12(17-11(2)15-10)8-14-9-13(4-5-13)6-7-16-3/h14H,4-9H2,1-3H3. The Labute approximate surface area is 108 Å². The van der Waals surface area contributed by atoms with Crippen LogP contribution in [0.3, 0.4) is 0 Å². The SMILES string of the molecule is COCCC1(CNCc2sc(C)nc2C)CC1. The molecule has 1 fully saturated rings. The molecule has 1 heterocycles. The monoisotopic (exact) mass is 254 g/mol. The van der Waals surface area contributed by atoms with Gasteiger partial charge in [-0.15, -0.1) is 11.3 Å². The molecule has 1 aromatic rings. The Morgan fingerprint density at radius 2 is 2.18 bits per heavy atom. The second-order valence-electron chi connectivity index (χ2n) is 5.09. The molecule has 0 aromatic carbocycles. The van der Waals surface area contributed by atoms with Gasteiger partial charge in [-0.3, -0.25) is 0 Å². The van der Waals surface area contributed by atoms with E-state index in [2.05, 4.69) is 24.1 Å². The smallest absolute Gasteiger partial charge is 0.0900 e. The summed E-state index contributed by atoms with van der Waals surface area (Å²) < 4.78 is 5.17. The zero-order valence-corrected chi connectivity index (χ0v) is 11.8. The minimum Gasteiger partial charge on any atom is -0.385 e. The van der Waals surface area contributed by atoms with Crippen molar-refractivity contribution in [3.8, 4) is 0 Å². The zero-order valence-electron chi connectivity index (χ0n) is 11.0. The third-order valence-electron chi connectivity index (χ3n) is 3.58. The van der Waals surface area contributed by atoms with Gasteiger partial charge in [-0.05, 0) is 38.5 Å². The molecule has 1 aliphatic rings. The van der Waals surface area contributed by atoms with Crippen LogP contribution in [0.5, 0.6) is 0 Å². The van der Waals surface area contributed by atoms with Crippen molar-refractivity contribution in [2.75, 3.05) is 20.3 Å². The highest BCUT2D eigenvalue weighted by Crippen LogP contribution is 2.48. The lowest BCUT2D eigenvalue weighted by Gasteiger charge is -2.15. The fourth-order valence-electron chi connectivity index (χ4n) is 2.19. The van der Waals surface area contributed by atoms with Crippen LogP contribution < -0.4 is 5.32 Å². The Morgan fingerprint density at radius 3 is 2.71 bits per heavy atom.